The third kappa shape index (κ3) is 1.33. The summed E-state index contributed by atoms with van der Waals surface area (Å²) in [5, 5.41) is 2.71. The fourth-order valence-electron chi connectivity index (χ4n) is 1.50. The highest BCUT2D eigenvalue weighted by molar-refractivity contribution is 6.06. The van der Waals surface area contributed by atoms with Crippen LogP contribution in [-0.2, 0) is 11.2 Å². The molecule has 0 atom stereocenters. The fourth-order valence-corrected chi connectivity index (χ4v) is 1.50. The first-order valence-corrected chi connectivity index (χ1v) is 4.30. The normalized spacial score (nSPS) is 13.3. The topological polar surface area (TPSA) is 46.2 Å². The molecule has 0 saturated heterocycles. The second kappa shape index (κ2) is 3.10. The van der Waals surface area contributed by atoms with Gasteiger partial charge in [-0.3, -0.25) is 9.59 Å². The predicted molar refractivity (Wildman–Crippen MR) is 53.3 cm³/mol. The Hall–Kier alpha value is -1.90. The van der Waals surface area contributed by atoms with Crippen molar-refractivity contribution in [2.45, 2.75) is 6.42 Å². The molecule has 0 fully saturated rings. The van der Waals surface area contributed by atoms with Gasteiger partial charge in [0.15, 0.2) is 5.78 Å². The summed E-state index contributed by atoms with van der Waals surface area (Å²) >= 11 is 0. The van der Waals surface area contributed by atoms with Gasteiger partial charge in [0.1, 0.15) is 0 Å². The average molecular weight is 187 g/mol. The third-order valence-corrected chi connectivity index (χ3v) is 2.20. The standard InChI is InChI=1S/C11H9NO2/c1-2-10(13)7-3-4-9-8(5-7)6-11(14)12-9/h2-5H,1,6H2,(H,12,14). The van der Waals surface area contributed by atoms with Crippen molar-refractivity contribution >= 4 is 17.4 Å². The molecular weight excluding hydrogens is 178 g/mol. The lowest BCUT2D eigenvalue weighted by Crippen LogP contribution is -2.03. The lowest BCUT2D eigenvalue weighted by Gasteiger charge is -2.00. The van der Waals surface area contributed by atoms with Crippen LogP contribution in [0.4, 0.5) is 5.69 Å². The van der Waals surface area contributed by atoms with Crippen molar-refractivity contribution in [1.82, 2.24) is 0 Å². The molecule has 1 heterocycles. The molecule has 1 aromatic rings. The highest BCUT2D eigenvalue weighted by atomic mass is 16.1. The van der Waals surface area contributed by atoms with Crippen molar-refractivity contribution in [1.29, 1.82) is 0 Å². The molecule has 0 aromatic heterocycles. The number of benzene rings is 1. The number of hydrogen-bond donors (Lipinski definition) is 1. The second-order valence-corrected chi connectivity index (χ2v) is 3.17. The van der Waals surface area contributed by atoms with Crippen LogP contribution in [0.1, 0.15) is 15.9 Å². The molecule has 0 saturated carbocycles. The summed E-state index contributed by atoms with van der Waals surface area (Å²) in [5.74, 6) is -0.143. The van der Waals surface area contributed by atoms with E-state index in [4.69, 9.17) is 0 Å². The molecule has 1 N–H and O–H groups in total. The Bertz CT molecular complexity index is 435. The van der Waals surface area contributed by atoms with Gasteiger partial charge in [0.05, 0.1) is 6.42 Å². The van der Waals surface area contributed by atoms with Crippen LogP contribution in [0.25, 0.3) is 0 Å². The van der Waals surface area contributed by atoms with Crippen LogP contribution in [-0.4, -0.2) is 11.7 Å². The van der Waals surface area contributed by atoms with E-state index in [1.54, 1.807) is 18.2 Å². The van der Waals surface area contributed by atoms with Crippen molar-refractivity contribution in [2.24, 2.45) is 0 Å². The number of allylic oxidation sites excluding steroid dienone is 1. The van der Waals surface area contributed by atoms with Crippen molar-refractivity contribution in [3.63, 3.8) is 0 Å². The Labute approximate surface area is 81.4 Å². The van der Waals surface area contributed by atoms with E-state index in [9.17, 15) is 9.59 Å². The highest BCUT2D eigenvalue weighted by Crippen LogP contribution is 2.23. The number of carbonyl (C=O) groups excluding carboxylic acids is 2. The molecule has 0 unspecified atom stereocenters. The zero-order chi connectivity index (χ0) is 10.1. The number of fused-ring (bicyclic) bond motifs is 1. The molecule has 14 heavy (non-hydrogen) atoms. The zero-order valence-electron chi connectivity index (χ0n) is 7.54. The molecule has 3 heteroatoms. The molecule has 0 bridgehead atoms. The summed E-state index contributed by atoms with van der Waals surface area (Å²) in [7, 11) is 0. The van der Waals surface area contributed by atoms with Gasteiger partial charge in [0.2, 0.25) is 5.91 Å². The molecule has 0 aliphatic carbocycles. The molecule has 1 aromatic carbocycles. The lowest BCUT2D eigenvalue weighted by molar-refractivity contribution is -0.115. The Morgan fingerprint density at radius 1 is 1.50 bits per heavy atom. The van der Waals surface area contributed by atoms with E-state index in [1.807, 2.05) is 0 Å². The average Bonchev–Trinajstić information content (AvgIpc) is 2.55. The molecule has 2 rings (SSSR count). The maximum Gasteiger partial charge on any atom is 0.228 e. The number of rotatable bonds is 2. The molecule has 1 aliphatic heterocycles. The maximum atomic E-state index is 11.3. The Morgan fingerprint density at radius 3 is 3.00 bits per heavy atom. The smallest absolute Gasteiger partial charge is 0.228 e. The lowest BCUT2D eigenvalue weighted by atomic mass is 10.1. The highest BCUT2D eigenvalue weighted by Gasteiger charge is 2.18. The quantitative estimate of drug-likeness (QED) is 0.564. The summed E-state index contributed by atoms with van der Waals surface area (Å²) in [6.45, 7) is 3.41. The van der Waals surface area contributed by atoms with Crippen LogP contribution < -0.4 is 5.32 Å². The van der Waals surface area contributed by atoms with Gasteiger partial charge in [-0.2, -0.15) is 0 Å². The van der Waals surface area contributed by atoms with Gasteiger partial charge >= 0.3 is 0 Å². The number of carbonyl (C=O) groups is 2. The van der Waals surface area contributed by atoms with E-state index in [0.717, 1.165) is 11.3 Å². The van der Waals surface area contributed by atoms with Gasteiger partial charge in [0, 0.05) is 11.3 Å². The Balaban J connectivity index is 2.42. The number of amides is 1. The number of anilines is 1. The molecule has 70 valence electrons. The van der Waals surface area contributed by atoms with E-state index in [1.165, 1.54) is 6.08 Å². The molecule has 1 aliphatic rings. The number of ketones is 1. The minimum Gasteiger partial charge on any atom is -0.326 e. The minimum atomic E-state index is -0.118. The monoisotopic (exact) mass is 187 g/mol. The maximum absolute atomic E-state index is 11.3. The fraction of sp³-hybridized carbons (Fsp3) is 0.0909. The van der Waals surface area contributed by atoms with E-state index in [0.29, 0.717) is 12.0 Å². The van der Waals surface area contributed by atoms with E-state index >= 15 is 0 Å². The van der Waals surface area contributed by atoms with Crippen LogP contribution in [0.15, 0.2) is 30.9 Å². The number of nitrogens with one attached hydrogen (secondary N) is 1. The van der Waals surface area contributed by atoms with E-state index in [2.05, 4.69) is 11.9 Å². The first-order chi connectivity index (χ1) is 6.70. The van der Waals surface area contributed by atoms with Crippen molar-refractivity contribution in [3.05, 3.63) is 42.0 Å². The minimum absolute atomic E-state index is 0.0248. The van der Waals surface area contributed by atoms with Crippen molar-refractivity contribution < 1.29 is 9.59 Å². The molecule has 0 spiro atoms. The van der Waals surface area contributed by atoms with Crippen molar-refractivity contribution in [3.8, 4) is 0 Å². The van der Waals surface area contributed by atoms with Crippen molar-refractivity contribution in [2.75, 3.05) is 5.32 Å². The van der Waals surface area contributed by atoms with Gasteiger partial charge in [-0.1, -0.05) is 6.58 Å². The number of hydrogen-bond acceptors (Lipinski definition) is 2. The largest absolute Gasteiger partial charge is 0.326 e. The van der Waals surface area contributed by atoms with Gasteiger partial charge < -0.3 is 5.32 Å². The van der Waals surface area contributed by atoms with Crippen LogP contribution in [0.3, 0.4) is 0 Å². The first kappa shape index (κ1) is 8.69. The van der Waals surface area contributed by atoms with Crippen LogP contribution in [0.5, 0.6) is 0 Å². The summed E-state index contributed by atoms with van der Waals surface area (Å²) in [4.78, 5) is 22.3. The van der Waals surface area contributed by atoms with E-state index in [-0.39, 0.29) is 11.7 Å². The van der Waals surface area contributed by atoms with E-state index < -0.39 is 0 Å². The third-order valence-electron chi connectivity index (χ3n) is 2.20. The van der Waals surface area contributed by atoms with Gasteiger partial charge in [0.25, 0.3) is 0 Å². The summed E-state index contributed by atoms with van der Waals surface area (Å²) in [6.07, 6.45) is 1.62. The summed E-state index contributed by atoms with van der Waals surface area (Å²) in [5.41, 5.74) is 2.26. The first-order valence-electron chi connectivity index (χ1n) is 4.30. The van der Waals surface area contributed by atoms with Crippen LogP contribution >= 0.6 is 0 Å². The van der Waals surface area contributed by atoms with Gasteiger partial charge in [-0.05, 0) is 29.8 Å². The van der Waals surface area contributed by atoms with Gasteiger partial charge in [-0.15, -0.1) is 0 Å². The summed E-state index contributed by atoms with van der Waals surface area (Å²) < 4.78 is 0. The summed E-state index contributed by atoms with van der Waals surface area (Å²) in [6, 6.07) is 5.17. The SMILES string of the molecule is C=CC(=O)c1ccc2c(c1)CC(=O)N2. The zero-order valence-corrected chi connectivity index (χ0v) is 7.54. The molecule has 3 nitrogen and oxygen atoms in total. The predicted octanol–water partition coefficient (Wildman–Crippen LogP) is 1.55. The molecular formula is C11H9NO2. The molecule has 0 radical (unpaired) electrons. The molecule has 1 amide bonds. The Kier molecular flexibility index (Phi) is 1.93. The van der Waals surface area contributed by atoms with Crippen LogP contribution in [0, 0.1) is 0 Å². The second-order valence-electron chi connectivity index (χ2n) is 3.17. The van der Waals surface area contributed by atoms with Gasteiger partial charge in [-0.25, -0.2) is 0 Å². The Morgan fingerprint density at radius 2 is 2.29 bits per heavy atom. The van der Waals surface area contributed by atoms with Crippen LogP contribution in [0.2, 0.25) is 0 Å².